The van der Waals surface area contributed by atoms with Gasteiger partial charge in [-0.1, -0.05) is 18.3 Å². The van der Waals surface area contributed by atoms with Crippen LogP contribution in [0.25, 0.3) is 0 Å². The molecular formula is C16H23N7O2S. The highest BCUT2D eigenvalue weighted by Gasteiger charge is 2.20. The Bertz CT molecular complexity index is 811. The molecule has 0 aromatic carbocycles. The number of anilines is 2. The second-order valence-corrected chi connectivity index (χ2v) is 7.30. The molecule has 3 heterocycles. The molecule has 1 aliphatic heterocycles. The first kappa shape index (κ1) is 18.5. The predicted octanol–water partition coefficient (Wildman–Crippen LogP) is 0.345. The summed E-state index contributed by atoms with van der Waals surface area (Å²) in [5.74, 6) is -0.0760. The molecule has 1 saturated heterocycles. The van der Waals surface area contributed by atoms with Crippen LogP contribution in [0.3, 0.4) is 0 Å². The van der Waals surface area contributed by atoms with E-state index >= 15 is 0 Å². The summed E-state index contributed by atoms with van der Waals surface area (Å²) < 4.78 is 1.31. The molecule has 9 nitrogen and oxygen atoms in total. The molecule has 1 N–H and O–H groups in total. The molecule has 1 aliphatic rings. The van der Waals surface area contributed by atoms with Gasteiger partial charge in [0.2, 0.25) is 11.0 Å². The second kappa shape index (κ2) is 8.37. The molecule has 0 atom stereocenters. The molecule has 1 amide bonds. The van der Waals surface area contributed by atoms with Gasteiger partial charge in [-0.2, -0.15) is 5.10 Å². The van der Waals surface area contributed by atoms with E-state index < -0.39 is 0 Å². The fourth-order valence-electron chi connectivity index (χ4n) is 2.78. The third-order valence-electron chi connectivity index (χ3n) is 4.24. The zero-order valence-electron chi connectivity index (χ0n) is 15.0. The van der Waals surface area contributed by atoms with Gasteiger partial charge in [-0.3, -0.25) is 19.8 Å². The van der Waals surface area contributed by atoms with E-state index in [1.165, 1.54) is 16.0 Å². The summed E-state index contributed by atoms with van der Waals surface area (Å²) >= 11 is 1.43. The van der Waals surface area contributed by atoms with E-state index in [1.807, 2.05) is 0 Å². The Labute approximate surface area is 155 Å². The van der Waals surface area contributed by atoms with Crippen molar-refractivity contribution >= 4 is 28.1 Å². The minimum Gasteiger partial charge on any atom is -0.368 e. The van der Waals surface area contributed by atoms with E-state index in [0.717, 1.165) is 49.7 Å². The second-order valence-electron chi connectivity index (χ2n) is 6.24. The standard InChI is InChI=1S/C16H23N7O2S/c1-3-4-14-19-20-16(26-14)18-13(24)11-22-5-7-23(8-6-22)12-9-15(25)21(2)17-10-12/h9-10H,3-8,11H2,1-2H3,(H,18,20,24). The molecule has 0 radical (unpaired) electrons. The van der Waals surface area contributed by atoms with Crippen molar-refractivity contribution in [3.8, 4) is 0 Å². The summed E-state index contributed by atoms with van der Waals surface area (Å²) in [4.78, 5) is 28.1. The molecule has 2 aromatic rings. The number of nitrogens with zero attached hydrogens (tertiary/aromatic N) is 6. The minimum absolute atomic E-state index is 0.0760. The molecule has 10 heteroatoms. The van der Waals surface area contributed by atoms with Crippen LogP contribution in [0.2, 0.25) is 0 Å². The lowest BCUT2D eigenvalue weighted by Crippen LogP contribution is -2.49. The maximum atomic E-state index is 12.2. The van der Waals surface area contributed by atoms with E-state index in [1.54, 1.807) is 19.3 Å². The number of hydrogen-bond acceptors (Lipinski definition) is 8. The Morgan fingerprint density at radius 2 is 2.04 bits per heavy atom. The number of rotatable bonds is 6. The highest BCUT2D eigenvalue weighted by molar-refractivity contribution is 7.15. The van der Waals surface area contributed by atoms with Crippen LogP contribution in [0.1, 0.15) is 18.4 Å². The van der Waals surface area contributed by atoms with Gasteiger partial charge in [0.15, 0.2) is 0 Å². The van der Waals surface area contributed by atoms with Crippen LogP contribution in [0.4, 0.5) is 10.8 Å². The Kier molecular flexibility index (Phi) is 5.94. The average molecular weight is 377 g/mol. The van der Waals surface area contributed by atoms with E-state index in [2.05, 4.69) is 37.3 Å². The molecule has 0 spiro atoms. The van der Waals surface area contributed by atoms with E-state index in [0.29, 0.717) is 11.7 Å². The van der Waals surface area contributed by atoms with Crippen LogP contribution in [-0.4, -0.2) is 63.5 Å². The van der Waals surface area contributed by atoms with Crippen molar-refractivity contribution in [3.63, 3.8) is 0 Å². The number of aromatic nitrogens is 4. The van der Waals surface area contributed by atoms with Crippen LogP contribution < -0.4 is 15.8 Å². The van der Waals surface area contributed by atoms with Crippen LogP contribution in [0, 0.1) is 0 Å². The third kappa shape index (κ3) is 4.64. The molecule has 140 valence electrons. The molecule has 0 bridgehead atoms. The summed E-state index contributed by atoms with van der Waals surface area (Å²) in [6.07, 6.45) is 3.59. The van der Waals surface area contributed by atoms with Gasteiger partial charge in [-0.05, 0) is 6.42 Å². The summed E-state index contributed by atoms with van der Waals surface area (Å²) in [5.41, 5.74) is 0.707. The monoisotopic (exact) mass is 377 g/mol. The van der Waals surface area contributed by atoms with Crippen LogP contribution in [0.15, 0.2) is 17.1 Å². The van der Waals surface area contributed by atoms with Gasteiger partial charge in [0.1, 0.15) is 5.01 Å². The first-order chi connectivity index (χ1) is 12.5. The molecule has 0 saturated carbocycles. The predicted molar refractivity (Wildman–Crippen MR) is 101 cm³/mol. The Hall–Kier alpha value is -2.33. The molecule has 26 heavy (non-hydrogen) atoms. The molecule has 0 aliphatic carbocycles. The lowest BCUT2D eigenvalue weighted by Gasteiger charge is -2.35. The maximum Gasteiger partial charge on any atom is 0.268 e. The average Bonchev–Trinajstić information content (AvgIpc) is 3.05. The third-order valence-corrected chi connectivity index (χ3v) is 5.13. The summed E-state index contributed by atoms with van der Waals surface area (Å²) in [6, 6.07) is 1.60. The lowest BCUT2D eigenvalue weighted by molar-refractivity contribution is -0.117. The van der Waals surface area contributed by atoms with E-state index in [9.17, 15) is 9.59 Å². The largest absolute Gasteiger partial charge is 0.368 e. The topological polar surface area (TPSA) is 96.2 Å². The number of nitrogens with one attached hydrogen (secondary N) is 1. The van der Waals surface area contributed by atoms with E-state index in [-0.39, 0.29) is 11.5 Å². The van der Waals surface area contributed by atoms with Gasteiger partial charge in [0.25, 0.3) is 5.56 Å². The first-order valence-electron chi connectivity index (χ1n) is 8.68. The van der Waals surface area contributed by atoms with Gasteiger partial charge in [0.05, 0.1) is 18.4 Å². The highest BCUT2D eigenvalue weighted by Crippen LogP contribution is 2.17. The summed E-state index contributed by atoms with van der Waals surface area (Å²) in [6.45, 7) is 5.41. The molecular weight excluding hydrogens is 354 g/mol. The number of piperazine rings is 1. The molecule has 0 unspecified atom stereocenters. The van der Waals surface area contributed by atoms with Crippen LogP contribution >= 0.6 is 11.3 Å². The van der Waals surface area contributed by atoms with Gasteiger partial charge in [-0.15, -0.1) is 10.2 Å². The zero-order valence-corrected chi connectivity index (χ0v) is 15.8. The SMILES string of the molecule is CCCc1nnc(NC(=O)CN2CCN(c3cnn(C)c(=O)c3)CC2)s1. The number of carbonyl (C=O) groups is 1. The Morgan fingerprint density at radius 1 is 1.27 bits per heavy atom. The van der Waals surface area contributed by atoms with Gasteiger partial charge < -0.3 is 4.90 Å². The number of carbonyl (C=O) groups excluding carboxylic acids is 1. The van der Waals surface area contributed by atoms with Crippen molar-refractivity contribution < 1.29 is 4.79 Å². The van der Waals surface area contributed by atoms with Gasteiger partial charge in [-0.25, -0.2) is 4.68 Å². The van der Waals surface area contributed by atoms with Crippen LogP contribution in [-0.2, 0) is 18.3 Å². The van der Waals surface area contributed by atoms with Crippen molar-refractivity contribution in [1.29, 1.82) is 0 Å². The fraction of sp³-hybridized carbons (Fsp3) is 0.562. The number of amides is 1. The highest BCUT2D eigenvalue weighted by atomic mass is 32.1. The molecule has 3 rings (SSSR count). The number of aryl methyl sites for hydroxylation is 2. The normalized spacial score (nSPS) is 15.2. The Morgan fingerprint density at radius 3 is 2.73 bits per heavy atom. The summed E-state index contributed by atoms with van der Waals surface area (Å²) in [7, 11) is 1.63. The van der Waals surface area contributed by atoms with Gasteiger partial charge in [0, 0.05) is 45.7 Å². The van der Waals surface area contributed by atoms with Crippen molar-refractivity contribution in [2.24, 2.45) is 7.05 Å². The van der Waals surface area contributed by atoms with Crippen molar-refractivity contribution in [2.75, 3.05) is 42.9 Å². The maximum absolute atomic E-state index is 12.2. The molecule has 1 fully saturated rings. The van der Waals surface area contributed by atoms with Crippen molar-refractivity contribution in [1.82, 2.24) is 24.9 Å². The first-order valence-corrected chi connectivity index (χ1v) is 9.49. The van der Waals surface area contributed by atoms with Crippen LogP contribution in [0.5, 0.6) is 0 Å². The zero-order chi connectivity index (χ0) is 18.5. The summed E-state index contributed by atoms with van der Waals surface area (Å²) in [5, 5.41) is 16.4. The number of hydrogen-bond donors (Lipinski definition) is 1. The van der Waals surface area contributed by atoms with Crippen molar-refractivity contribution in [3.05, 3.63) is 27.6 Å². The smallest absolute Gasteiger partial charge is 0.268 e. The van der Waals surface area contributed by atoms with Crippen molar-refractivity contribution in [2.45, 2.75) is 19.8 Å². The quantitative estimate of drug-likeness (QED) is 0.776. The van der Waals surface area contributed by atoms with E-state index in [4.69, 9.17) is 0 Å². The fourth-order valence-corrected chi connectivity index (χ4v) is 3.64. The minimum atomic E-state index is -0.121. The Balaban J connectivity index is 1.47. The lowest BCUT2D eigenvalue weighted by atomic mass is 10.3. The van der Waals surface area contributed by atoms with Gasteiger partial charge >= 0.3 is 0 Å². The molecule has 2 aromatic heterocycles.